The van der Waals surface area contributed by atoms with Crippen LogP contribution in [0, 0.1) is 5.92 Å². The highest BCUT2D eigenvalue weighted by Gasteiger charge is 2.30. The molecule has 30 heavy (non-hydrogen) atoms. The van der Waals surface area contributed by atoms with Crippen molar-refractivity contribution in [2.45, 2.75) is 13.8 Å². The Kier molecular flexibility index (Phi) is 7.76. The Morgan fingerprint density at radius 1 is 1.10 bits per heavy atom. The van der Waals surface area contributed by atoms with E-state index in [0.717, 1.165) is 11.3 Å². The number of nitrogens with zero attached hydrogens (tertiary/aromatic N) is 1. The van der Waals surface area contributed by atoms with Gasteiger partial charge in [-0.15, -0.1) is 0 Å². The summed E-state index contributed by atoms with van der Waals surface area (Å²) in [6.07, 6.45) is 1.83. The number of rotatable bonds is 9. The van der Waals surface area contributed by atoms with Gasteiger partial charge in [0.15, 0.2) is 11.5 Å². The van der Waals surface area contributed by atoms with Crippen molar-refractivity contribution in [3.8, 4) is 17.2 Å². The van der Waals surface area contributed by atoms with E-state index in [2.05, 4.69) is 6.92 Å². The quantitative estimate of drug-likeness (QED) is 0.401. The highest BCUT2D eigenvalue weighted by Crippen LogP contribution is 2.34. The van der Waals surface area contributed by atoms with Crippen LogP contribution in [-0.4, -0.2) is 42.0 Å². The van der Waals surface area contributed by atoms with Crippen LogP contribution in [0.1, 0.15) is 19.4 Å². The lowest BCUT2D eigenvalue weighted by Crippen LogP contribution is -2.27. The third kappa shape index (κ3) is 5.55. The van der Waals surface area contributed by atoms with E-state index in [1.807, 2.05) is 61.5 Å². The lowest BCUT2D eigenvalue weighted by molar-refractivity contribution is -0.121. The summed E-state index contributed by atoms with van der Waals surface area (Å²) in [5.74, 6) is 2.26. The van der Waals surface area contributed by atoms with Crippen molar-refractivity contribution in [1.82, 2.24) is 4.90 Å². The summed E-state index contributed by atoms with van der Waals surface area (Å²) in [6, 6.07) is 15.3. The molecular weight excluding hydrogens is 418 g/mol. The molecule has 1 saturated heterocycles. The minimum Gasteiger partial charge on any atom is -0.493 e. The van der Waals surface area contributed by atoms with Crippen molar-refractivity contribution < 1.29 is 19.0 Å². The fourth-order valence-corrected chi connectivity index (χ4v) is 4.24. The summed E-state index contributed by atoms with van der Waals surface area (Å²) in [4.78, 5) is 14.6. The number of benzene rings is 2. The van der Waals surface area contributed by atoms with Gasteiger partial charge in [-0.05, 0) is 42.8 Å². The lowest BCUT2D eigenvalue weighted by Gasteiger charge is -2.16. The molecule has 2 aromatic rings. The van der Waals surface area contributed by atoms with Gasteiger partial charge in [0.1, 0.15) is 10.1 Å². The third-order valence-electron chi connectivity index (χ3n) is 4.48. The van der Waals surface area contributed by atoms with Crippen LogP contribution in [0.5, 0.6) is 17.2 Å². The molecule has 1 amide bonds. The normalized spacial score (nSPS) is 16.1. The first-order valence-corrected chi connectivity index (χ1v) is 11.0. The van der Waals surface area contributed by atoms with Crippen molar-refractivity contribution in [1.29, 1.82) is 0 Å². The maximum atomic E-state index is 12.4. The molecule has 1 heterocycles. The summed E-state index contributed by atoms with van der Waals surface area (Å²) in [7, 11) is 1.60. The van der Waals surface area contributed by atoms with Gasteiger partial charge in [0, 0.05) is 12.5 Å². The number of ether oxygens (including phenoxy) is 3. The molecule has 0 bridgehead atoms. The first-order valence-electron chi connectivity index (χ1n) is 9.75. The van der Waals surface area contributed by atoms with Gasteiger partial charge in [0.2, 0.25) is 0 Å². The maximum absolute atomic E-state index is 12.4. The largest absolute Gasteiger partial charge is 0.493 e. The van der Waals surface area contributed by atoms with Crippen molar-refractivity contribution in [3.63, 3.8) is 0 Å². The predicted molar refractivity (Wildman–Crippen MR) is 125 cm³/mol. The van der Waals surface area contributed by atoms with Gasteiger partial charge in [-0.1, -0.05) is 55.2 Å². The molecule has 7 heteroatoms. The molecule has 0 aromatic heterocycles. The van der Waals surface area contributed by atoms with Crippen LogP contribution in [0.15, 0.2) is 53.4 Å². The Morgan fingerprint density at radius 2 is 1.83 bits per heavy atom. The molecule has 2 aromatic carbocycles. The molecule has 0 unspecified atom stereocenters. The summed E-state index contributed by atoms with van der Waals surface area (Å²) in [5, 5.41) is 0. The molecule has 0 N–H and O–H groups in total. The fourth-order valence-electron chi connectivity index (χ4n) is 2.85. The molecule has 0 aliphatic carbocycles. The van der Waals surface area contributed by atoms with E-state index in [1.54, 1.807) is 12.0 Å². The van der Waals surface area contributed by atoms with Gasteiger partial charge in [0.05, 0.1) is 25.2 Å². The Hall–Kier alpha value is -2.51. The van der Waals surface area contributed by atoms with E-state index < -0.39 is 0 Å². The molecule has 1 atom stereocenters. The van der Waals surface area contributed by atoms with Crippen LogP contribution in [0.25, 0.3) is 6.08 Å². The van der Waals surface area contributed by atoms with Gasteiger partial charge < -0.3 is 14.2 Å². The van der Waals surface area contributed by atoms with Gasteiger partial charge in [-0.25, -0.2) is 0 Å². The zero-order valence-electron chi connectivity index (χ0n) is 17.3. The number of likely N-dealkylation sites (N-methyl/N-ethyl adjacent to an activating group) is 1. The van der Waals surface area contributed by atoms with E-state index in [4.69, 9.17) is 26.4 Å². The van der Waals surface area contributed by atoms with Crippen LogP contribution in [0.2, 0.25) is 0 Å². The topological polar surface area (TPSA) is 48.0 Å². The van der Waals surface area contributed by atoms with Gasteiger partial charge in [0.25, 0.3) is 5.91 Å². The van der Waals surface area contributed by atoms with E-state index in [1.165, 1.54) is 11.8 Å². The number of methoxy groups -OCH3 is 1. The van der Waals surface area contributed by atoms with Crippen molar-refractivity contribution in [3.05, 3.63) is 59.0 Å². The number of para-hydroxylation sites is 1. The fraction of sp³-hybridized carbons (Fsp3) is 0.304. The molecule has 1 aliphatic heterocycles. The highest BCUT2D eigenvalue weighted by atomic mass is 32.2. The second kappa shape index (κ2) is 10.5. The minimum atomic E-state index is -0.0564. The van der Waals surface area contributed by atoms with E-state index in [0.29, 0.717) is 40.5 Å². The van der Waals surface area contributed by atoms with Crippen LogP contribution in [0.4, 0.5) is 0 Å². The zero-order valence-corrected chi connectivity index (χ0v) is 18.9. The Bertz CT molecular complexity index is 930. The number of amides is 1. The average Bonchev–Trinajstić information content (AvgIpc) is 3.03. The first kappa shape index (κ1) is 22.2. The molecule has 0 radical (unpaired) electrons. The number of hydrogen-bond donors (Lipinski definition) is 0. The van der Waals surface area contributed by atoms with Crippen molar-refractivity contribution in [2.75, 3.05) is 26.9 Å². The Morgan fingerprint density at radius 3 is 2.50 bits per heavy atom. The van der Waals surface area contributed by atoms with E-state index in [9.17, 15) is 4.79 Å². The van der Waals surface area contributed by atoms with Crippen LogP contribution in [-0.2, 0) is 4.79 Å². The Balaban J connectivity index is 1.61. The minimum absolute atomic E-state index is 0.0564. The van der Waals surface area contributed by atoms with E-state index in [-0.39, 0.29) is 11.8 Å². The third-order valence-corrected chi connectivity index (χ3v) is 5.85. The highest BCUT2D eigenvalue weighted by molar-refractivity contribution is 8.26. The molecule has 158 valence electrons. The zero-order chi connectivity index (χ0) is 21.5. The number of carbonyl (C=O) groups is 1. The van der Waals surface area contributed by atoms with Gasteiger partial charge in [-0.2, -0.15) is 0 Å². The summed E-state index contributed by atoms with van der Waals surface area (Å²) in [5.41, 5.74) is 0.858. The standard InChI is InChI=1S/C23H25NO4S2/c1-4-24-22(25)21(30-23(24)29)13-17-10-11-19(20(12-17)26-3)28-15-16(2)14-27-18-8-6-5-7-9-18/h5-13,16H,4,14-15H2,1-3H3/b21-13-/t16-/m1/s1. The molecule has 1 aliphatic rings. The van der Waals surface area contributed by atoms with Gasteiger partial charge >= 0.3 is 0 Å². The van der Waals surface area contributed by atoms with Crippen LogP contribution >= 0.6 is 24.0 Å². The van der Waals surface area contributed by atoms with Gasteiger partial charge in [-0.3, -0.25) is 9.69 Å². The van der Waals surface area contributed by atoms with Crippen molar-refractivity contribution >= 4 is 40.3 Å². The molecule has 0 spiro atoms. The SMILES string of the molecule is CCN1C(=O)/C(=C/c2ccc(OC[C@H](C)COc3ccccc3)c(OC)c2)SC1=S. The summed E-state index contributed by atoms with van der Waals surface area (Å²) < 4.78 is 17.8. The molecule has 1 fully saturated rings. The second-order valence-electron chi connectivity index (χ2n) is 6.88. The molecule has 0 saturated carbocycles. The Labute approximate surface area is 187 Å². The van der Waals surface area contributed by atoms with Crippen molar-refractivity contribution in [2.24, 2.45) is 5.92 Å². The first-order chi connectivity index (χ1) is 14.5. The lowest BCUT2D eigenvalue weighted by atomic mass is 10.1. The predicted octanol–water partition coefficient (Wildman–Crippen LogP) is 5.01. The monoisotopic (exact) mass is 443 g/mol. The van der Waals surface area contributed by atoms with E-state index >= 15 is 0 Å². The smallest absolute Gasteiger partial charge is 0.266 e. The molecular formula is C23H25NO4S2. The number of thioether (sulfide) groups is 1. The summed E-state index contributed by atoms with van der Waals surface area (Å²) in [6.45, 7) is 5.61. The number of carbonyl (C=O) groups excluding carboxylic acids is 1. The van der Waals surface area contributed by atoms with Crippen LogP contribution in [0.3, 0.4) is 0 Å². The summed E-state index contributed by atoms with van der Waals surface area (Å²) >= 11 is 6.58. The molecule has 3 rings (SSSR count). The van der Waals surface area contributed by atoms with Crippen LogP contribution < -0.4 is 14.2 Å². The number of thiocarbonyl (C=S) groups is 1. The molecule has 5 nitrogen and oxygen atoms in total. The number of hydrogen-bond acceptors (Lipinski definition) is 6. The second-order valence-corrected chi connectivity index (χ2v) is 8.55. The maximum Gasteiger partial charge on any atom is 0.266 e. The average molecular weight is 444 g/mol.